The minimum absolute atomic E-state index is 0.0568. The lowest BCUT2D eigenvalue weighted by molar-refractivity contribution is 0.0731. The number of carbonyl (C=O) groups excluding carboxylic acids is 1. The monoisotopic (exact) mass is 465 g/mol. The number of aromatic nitrogens is 2. The molecule has 2 aromatic carbocycles. The van der Waals surface area contributed by atoms with E-state index in [-0.39, 0.29) is 29.6 Å². The van der Waals surface area contributed by atoms with Crippen LogP contribution < -0.4 is 9.64 Å². The second kappa shape index (κ2) is 9.34. The number of para-hydroxylation sites is 1. The molecule has 0 atom stereocenters. The number of hydrogen-bond acceptors (Lipinski definition) is 6. The maximum absolute atomic E-state index is 14.4. The predicted octanol–water partition coefficient (Wildman–Crippen LogP) is 3.50. The van der Waals surface area contributed by atoms with Crippen LogP contribution in [0.5, 0.6) is 11.6 Å². The number of benzene rings is 2. The molecule has 0 N–H and O–H groups in total. The fourth-order valence-electron chi connectivity index (χ4n) is 4.21. The smallest absolute Gasteiger partial charge is 0.254 e. The Morgan fingerprint density at radius 2 is 1.76 bits per heavy atom. The molecule has 9 heteroatoms. The predicted molar refractivity (Wildman–Crippen MR) is 123 cm³/mol. The van der Waals surface area contributed by atoms with Gasteiger partial charge >= 0.3 is 0 Å². The summed E-state index contributed by atoms with van der Waals surface area (Å²) in [5.74, 6) is -0.415. The molecule has 0 saturated carbocycles. The normalized spacial score (nSPS) is 16.3. The molecular weight excluding hydrogens is 440 g/mol. The number of rotatable bonds is 4. The summed E-state index contributed by atoms with van der Waals surface area (Å²) in [6.07, 6.45) is 0.493. The van der Waals surface area contributed by atoms with Crippen LogP contribution >= 0.6 is 0 Å². The number of carbonyl (C=O) groups is 1. The molecule has 3 heterocycles. The highest BCUT2D eigenvalue weighted by atomic mass is 19.1. The Hall–Kier alpha value is -3.59. The molecule has 1 fully saturated rings. The van der Waals surface area contributed by atoms with Crippen molar-refractivity contribution in [3.63, 3.8) is 0 Å². The van der Waals surface area contributed by atoms with Crippen LogP contribution in [0.2, 0.25) is 0 Å². The topological polar surface area (TPSA) is 61.8 Å². The third kappa shape index (κ3) is 4.56. The van der Waals surface area contributed by atoms with Crippen LogP contribution in [0, 0.1) is 11.6 Å². The summed E-state index contributed by atoms with van der Waals surface area (Å²) < 4.78 is 34.0. The third-order valence-electron chi connectivity index (χ3n) is 6.20. The maximum Gasteiger partial charge on any atom is 0.254 e. The Morgan fingerprint density at radius 1 is 0.971 bits per heavy atom. The van der Waals surface area contributed by atoms with Crippen molar-refractivity contribution in [1.29, 1.82) is 0 Å². The molecule has 0 unspecified atom stereocenters. The van der Waals surface area contributed by atoms with Crippen molar-refractivity contribution in [2.24, 2.45) is 0 Å². The van der Waals surface area contributed by atoms with Gasteiger partial charge in [0.2, 0.25) is 11.8 Å². The molecule has 2 aliphatic heterocycles. The van der Waals surface area contributed by atoms with E-state index in [0.717, 1.165) is 31.9 Å². The quantitative estimate of drug-likeness (QED) is 0.588. The van der Waals surface area contributed by atoms with Gasteiger partial charge in [0, 0.05) is 44.7 Å². The number of amides is 1. The molecule has 176 valence electrons. The molecule has 5 rings (SSSR count). The van der Waals surface area contributed by atoms with Crippen molar-refractivity contribution in [3.8, 4) is 11.6 Å². The van der Waals surface area contributed by atoms with Gasteiger partial charge in [-0.3, -0.25) is 4.79 Å². The van der Waals surface area contributed by atoms with Gasteiger partial charge < -0.3 is 19.4 Å². The van der Waals surface area contributed by atoms with E-state index in [4.69, 9.17) is 9.72 Å². The molecule has 2 aliphatic rings. The van der Waals surface area contributed by atoms with E-state index in [0.29, 0.717) is 24.5 Å². The summed E-state index contributed by atoms with van der Waals surface area (Å²) in [5.41, 5.74) is 1.69. The van der Waals surface area contributed by atoms with Crippen LogP contribution in [0.25, 0.3) is 0 Å². The Balaban J connectivity index is 1.49. The lowest BCUT2D eigenvalue weighted by Gasteiger charge is -2.34. The highest BCUT2D eigenvalue weighted by Gasteiger charge is 2.29. The van der Waals surface area contributed by atoms with Crippen LogP contribution in [0.3, 0.4) is 0 Å². The minimum Gasteiger partial charge on any atom is -0.435 e. The fraction of sp³-hybridized carbons (Fsp3) is 0.320. The number of likely N-dealkylation sites (N-methyl/N-ethyl adjacent to an activating group) is 1. The molecule has 0 aliphatic carbocycles. The number of fused-ring (bicyclic) bond motifs is 1. The van der Waals surface area contributed by atoms with Gasteiger partial charge in [-0.1, -0.05) is 18.2 Å². The van der Waals surface area contributed by atoms with Crippen molar-refractivity contribution in [2.45, 2.75) is 13.0 Å². The van der Waals surface area contributed by atoms with Gasteiger partial charge in [-0.25, -0.2) is 13.8 Å². The SMILES string of the molecule is CN1CCN(c2nc3c(c(Oc4ccccc4F)n2)CN(C(=O)c2cccc(F)c2)CC3)CC1. The Labute approximate surface area is 196 Å². The van der Waals surface area contributed by atoms with Crippen molar-refractivity contribution in [1.82, 2.24) is 19.8 Å². The zero-order chi connectivity index (χ0) is 23.7. The molecule has 0 radical (unpaired) electrons. The maximum atomic E-state index is 14.4. The van der Waals surface area contributed by atoms with Crippen LogP contribution in [0.1, 0.15) is 21.6 Å². The number of anilines is 1. The molecule has 3 aromatic rings. The van der Waals surface area contributed by atoms with Crippen LogP contribution in [-0.4, -0.2) is 65.4 Å². The van der Waals surface area contributed by atoms with E-state index in [1.54, 1.807) is 23.1 Å². The van der Waals surface area contributed by atoms with Gasteiger partial charge in [0.15, 0.2) is 11.6 Å². The van der Waals surface area contributed by atoms with Gasteiger partial charge in [-0.2, -0.15) is 4.98 Å². The van der Waals surface area contributed by atoms with E-state index in [9.17, 15) is 13.6 Å². The molecule has 0 bridgehead atoms. The molecule has 34 heavy (non-hydrogen) atoms. The van der Waals surface area contributed by atoms with E-state index >= 15 is 0 Å². The molecule has 0 spiro atoms. The Morgan fingerprint density at radius 3 is 2.53 bits per heavy atom. The first kappa shape index (κ1) is 22.2. The first-order chi connectivity index (χ1) is 16.5. The van der Waals surface area contributed by atoms with E-state index in [1.807, 2.05) is 0 Å². The standard InChI is InChI=1S/C25H25F2N5O2/c1-30-11-13-31(14-12-30)25-28-21-9-10-32(24(33)17-5-4-6-18(26)15-17)16-19(21)23(29-25)34-22-8-3-2-7-20(22)27/h2-8,15H,9-14,16H2,1H3. The second-order valence-corrected chi connectivity index (χ2v) is 8.56. The second-order valence-electron chi connectivity index (χ2n) is 8.56. The van der Waals surface area contributed by atoms with Gasteiger partial charge in [-0.05, 0) is 37.4 Å². The summed E-state index contributed by atoms with van der Waals surface area (Å²) in [4.78, 5) is 28.4. The van der Waals surface area contributed by atoms with Gasteiger partial charge in [0.1, 0.15) is 5.82 Å². The number of hydrogen-bond donors (Lipinski definition) is 0. The highest BCUT2D eigenvalue weighted by Crippen LogP contribution is 2.33. The zero-order valence-electron chi connectivity index (χ0n) is 18.9. The van der Waals surface area contributed by atoms with E-state index in [1.165, 1.54) is 30.3 Å². The van der Waals surface area contributed by atoms with Crippen LogP contribution in [0.15, 0.2) is 48.5 Å². The number of piperazine rings is 1. The van der Waals surface area contributed by atoms with Crippen LogP contribution in [-0.2, 0) is 13.0 Å². The summed E-state index contributed by atoms with van der Waals surface area (Å²) >= 11 is 0. The summed E-state index contributed by atoms with van der Waals surface area (Å²) in [6.45, 7) is 3.95. The zero-order valence-corrected chi connectivity index (χ0v) is 18.9. The summed E-state index contributed by atoms with van der Waals surface area (Å²) in [7, 11) is 2.07. The molecule has 1 saturated heterocycles. The molecule has 7 nitrogen and oxygen atoms in total. The van der Waals surface area contributed by atoms with Crippen LogP contribution in [0.4, 0.5) is 14.7 Å². The Kier molecular flexibility index (Phi) is 6.10. The van der Waals surface area contributed by atoms with Gasteiger partial charge in [-0.15, -0.1) is 0 Å². The van der Waals surface area contributed by atoms with Crippen molar-refractivity contribution < 1.29 is 18.3 Å². The molecular formula is C25H25F2N5O2. The Bertz CT molecular complexity index is 1210. The minimum atomic E-state index is -0.500. The molecule has 1 amide bonds. The lowest BCUT2D eigenvalue weighted by Crippen LogP contribution is -2.45. The van der Waals surface area contributed by atoms with Crippen molar-refractivity contribution >= 4 is 11.9 Å². The largest absolute Gasteiger partial charge is 0.435 e. The third-order valence-corrected chi connectivity index (χ3v) is 6.20. The highest BCUT2D eigenvalue weighted by molar-refractivity contribution is 5.94. The average Bonchev–Trinajstić information content (AvgIpc) is 2.85. The molecule has 1 aromatic heterocycles. The number of ether oxygens (including phenoxy) is 1. The van der Waals surface area contributed by atoms with E-state index in [2.05, 4.69) is 21.8 Å². The first-order valence-corrected chi connectivity index (χ1v) is 11.3. The average molecular weight is 466 g/mol. The summed E-state index contributed by atoms with van der Waals surface area (Å²) in [6, 6.07) is 11.8. The van der Waals surface area contributed by atoms with Crippen molar-refractivity contribution in [3.05, 3.63) is 77.0 Å². The fourth-order valence-corrected chi connectivity index (χ4v) is 4.21. The van der Waals surface area contributed by atoms with Crippen molar-refractivity contribution in [2.75, 3.05) is 44.7 Å². The van der Waals surface area contributed by atoms with E-state index < -0.39 is 11.6 Å². The summed E-state index contributed by atoms with van der Waals surface area (Å²) in [5, 5.41) is 0. The first-order valence-electron chi connectivity index (χ1n) is 11.3. The van der Waals surface area contributed by atoms with Gasteiger partial charge in [0.05, 0.1) is 17.8 Å². The van der Waals surface area contributed by atoms with Gasteiger partial charge in [0.25, 0.3) is 5.91 Å². The number of halogens is 2. The number of nitrogens with zero attached hydrogens (tertiary/aromatic N) is 5. The lowest BCUT2D eigenvalue weighted by atomic mass is 10.0.